The van der Waals surface area contributed by atoms with Crippen LogP contribution in [0.1, 0.15) is 17.3 Å². The monoisotopic (exact) mass is 381 g/mol. The van der Waals surface area contributed by atoms with Gasteiger partial charge in [-0.1, -0.05) is 0 Å². The molecule has 0 amide bonds. The first kappa shape index (κ1) is 17.3. The van der Waals surface area contributed by atoms with Gasteiger partial charge in [-0.15, -0.1) is 0 Å². The minimum atomic E-state index is 0.0686. The molecule has 2 aliphatic heterocycles. The molecular formula is C22H25N2O4+. The van der Waals surface area contributed by atoms with Crippen molar-refractivity contribution >= 4 is 10.9 Å². The summed E-state index contributed by atoms with van der Waals surface area (Å²) in [5.41, 5.74) is 3.61. The number of methoxy groups -OCH3 is 2. The van der Waals surface area contributed by atoms with Crippen LogP contribution in [0.2, 0.25) is 0 Å². The lowest BCUT2D eigenvalue weighted by molar-refractivity contribution is -0.926. The number of likely N-dealkylation sites (N-methyl/N-ethyl adjacent to an activating group) is 1. The second kappa shape index (κ2) is 6.07. The van der Waals surface area contributed by atoms with E-state index in [2.05, 4.69) is 49.1 Å². The van der Waals surface area contributed by atoms with Crippen LogP contribution in [-0.2, 0) is 6.42 Å². The van der Waals surface area contributed by atoms with Crippen LogP contribution in [0.3, 0.4) is 0 Å². The third kappa shape index (κ3) is 2.37. The summed E-state index contributed by atoms with van der Waals surface area (Å²) in [5.74, 6) is 3.15. The summed E-state index contributed by atoms with van der Waals surface area (Å²) >= 11 is 0. The molecule has 0 saturated carbocycles. The van der Waals surface area contributed by atoms with Crippen molar-refractivity contribution < 1.29 is 23.4 Å². The maximum absolute atomic E-state index is 5.88. The summed E-state index contributed by atoms with van der Waals surface area (Å²) in [5, 5.41) is 1.16. The zero-order chi connectivity index (χ0) is 19.5. The van der Waals surface area contributed by atoms with Crippen molar-refractivity contribution in [2.75, 3.05) is 41.7 Å². The molecule has 2 aromatic carbocycles. The second-order valence-corrected chi connectivity index (χ2v) is 7.99. The van der Waals surface area contributed by atoms with Gasteiger partial charge >= 0.3 is 0 Å². The molecule has 0 aliphatic carbocycles. The molecule has 0 fully saturated rings. The number of hydrogen-bond donors (Lipinski definition) is 0. The molecule has 0 saturated heterocycles. The molecule has 1 atom stereocenters. The second-order valence-electron chi connectivity index (χ2n) is 7.99. The number of ether oxygens (including phenoxy) is 4. The van der Waals surface area contributed by atoms with Gasteiger partial charge in [0, 0.05) is 18.0 Å². The minimum absolute atomic E-state index is 0.0686. The molecule has 0 radical (unpaired) electrons. The Morgan fingerprint density at radius 1 is 1.07 bits per heavy atom. The summed E-state index contributed by atoms with van der Waals surface area (Å²) < 4.78 is 25.8. The Hall–Kier alpha value is -2.86. The molecule has 28 heavy (non-hydrogen) atoms. The van der Waals surface area contributed by atoms with E-state index in [1.54, 1.807) is 14.2 Å². The molecule has 0 spiro atoms. The van der Waals surface area contributed by atoms with Crippen LogP contribution < -0.4 is 18.9 Å². The van der Waals surface area contributed by atoms with Gasteiger partial charge in [0.25, 0.3) is 0 Å². The molecular weight excluding hydrogens is 356 g/mol. The van der Waals surface area contributed by atoms with Crippen molar-refractivity contribution in [3.8, 4) is 23.0 Å². The fourth-order valence-corrected chi connectivity index (χ4v) is 4.61. The Labute approximate surface area is 164 Å². The van der Waals surface area contributed by atoms with Crippen molar-refractivity contribution in [1.82, 2.24) is 4.57 Å². The fourth-order valence-electron chi connectivity index (χ4n) is 4.61. The van der Waals surface area contributed by atoms with Crippen LogP contribution >= 0.6 is 0 Å². The van der Waals surface area contributed by atoms with Gasteiger partial charge in [0.15, 0.2) is 17.7 Å². The lowest BCUT2D eigenvalue weighted by Crippen LogP contribution is -2.50. The van der Waals surface area contributed by atoms with E-state index >= 15 is 0 Å². The third-order valence-electron chi connectivity index (χ3n) is 6.02. The molecule has 6 nitrogen and oxygen atoms in total. The summed E-state index contributed by atoms with van der Waals surface area (Å²) in [6.07, 6.45) is 3.20. The fraction of sp³-hybridized carbons (Fsp3) is 0.364. The Kier molecular flexibility index (Phi) is 3.74. The topological polar surface area (TPSA) is 41.9 Å². The smallest absolute Gasteiger partial charge is 0.231 e. The predicted molar refractivity (Wildman–Crippen MR) is 106 cm³/mol. The molecule has 1 aromatic heterocycles. The zero-order valence-corrected chi connectivity index (χ0v) is 16.7. The average Bonchev–Trinajstić information content (AvgIpc) is 3.32. The van der Waals surface area contributed by atoms with Gasteiger partial charge in [-0.25, -0.2) is 0 Å². The van der Waals surface area contributed by atoms with Gasteiger partial charge in [0.2, 0.25) is 12.5 Å². The van der Waals surface area contributed by atoms with Crippen molar-refractivity contribution in [3.63, 3.8) is 0 Å². The first-order valence-electron chi connectivity index (χ1n) is 9.50. The van der Waals surface area contributed by atoms with Crippen molar-refractivity contribution in [2.45, 2.75) is 12.6 Å². The molecule has 3 aromatic rings. The molecule has 146 valence electrons. The van der Waals surface area contributed by atoms with Crippen molar-refractivity contribution in [2.24, 2.45) is 0 Å². The number of quaternary nitrogens is 1. The van der Waals surface area contributed by atoms with Gasteiger partial charge in [-0.05, 0) is 35.9 Å². The Bertz CT molecular complexity index is 1070. The van der Waals surface area contributed by atoms with E-state index in [-0.39, 0.29) is 13.0 Å². The van der Waals surface area contributed by atoms with E-state index in [0.29, 0.717) is 5.75 Å². The van der Waals surface area contributed by atoms with E-state index in [1.807, 2.05) is 6.07 Å². The highest BCUT2D eigenvalue weighted by atomic mass is 16.7. The van der Waals surface area contributed by atoms with Crippen LogP contribution in [-0.4, -0.2) is 50.7 Å². The lowest BCUT2D eigenvalue weighted by atomic mass is 9.93. The van der Waals surface area contributed by atoms with Gasteiger partial charge < -0.3 is 23.4 Å². The number of nitrogens with zero attached hydrogens (tertiary/aromatic N) is 2. The van der Waals surface area contributed by atoms with Gasteiger partial charge in [0.05, 0.1) is 45.9 Å². The first-order valence-corrected chi connectivity index (χ1v) is 9.50. The SMILES string of the molecule is COc1ccc2c(ccn2C2c3c(cc4c(c3OC)OCO4)CC[N+]2(C)C)c1. The van der Waals surface area contributed by atoms with E-state index < -0.39 is 0 Å². The molecule has 2 aliphatic rings. The predicted octanol–water partition coefficient (Wildman–Crippen LogP) is 3.57. The number of aromatic nitrogens is 1. The summed E-state index contributed by atoms with van der Waals surface area (Å²) in [7, 11) is 7.95. The van der Waals surface area contributed by atoms with Crippen molar-refractivity contribution in [1.29, 1.82) is 0 Å². The van der Waals surface area contributed by atoms with E-state index in [0.717, 1.165) is 40.1 Å². The largest absolute Gasteiger partial charge is 0.497 e. The number of benzene rings is 2. The van der Waals surface area contributed by atoms with Gasteiger partial charge in [-0.3, -0.25) is 4.57 Å². The maximum atomic E-state index is 5.88. The summed E-state index contributed by atoms with van der Waals surface area (Å²) in [6, 6.07) is 10.5. The third-order valence-corrected chi connectivity index (χ3v) is 6.02. The Morgan fingerprint density at radius 2 is 1.93 bits per heavy atom. The van der Waals surface area contributed by atoms with E-state index in [9.17, 15) is 0 Å². The van der Waals surface area contributed by atoms with Crippen LogP contribution in [0.5, 0.6) is 23.0 Å². The molecule has 0 N–H and O–H groups in total. The summed E-state index contributed by atoms with van der Waals surface area (Å²) in [6.45, 7) is 1.26. The normalized spacial score (nSPS) is 19.5. The number of hydrogen-bond acceptors (Lipinski definition) is 4. The Morgan fingerprint density at radius 3 is 2.71 bits per heavy atom. The van der Waals surface area contributed by atoms with Crippen LogP contribution in [0.15, 0.2) is 36.5 Å². The zero-order valence-electron chi connectivity index (χ0n) is 16.7. The highest BCUT2D eigenvalue weighted by Crippen LogP contribution is 2.51. The number of rotatable bonds is 3. The van der Waals surface area contributed by atoms with E-state index in [1.165, 1.54) is 16.6 Å². The standard InChI is InChI=1S/C22H25N2O4/c1-24(2)10-8-15-12-18-20(28-13-27-18)21(26-4)19(15)22(24)23-9-7-14-11-16(25-3)5-6-17(14)23/h5-7,9,11-12,22H,8,10,13H2,1-4H3/q+1. The molecule has 5 rings (SSSR count). The van der Waals surface area contributed by atoms with E-state index in [4.69, 9.17) is 18.9 Å². The summed E-state index contributed by atoms with van der Waals surface area (Å²) in [4.78, 5) is 0. The van der Waals surface area contributed by atoms with Crippen LogP contribution in [0, 0.1) is 0 Å². The lowest BCUT2D eigenvalue weighted by Gasteiger charge is -2.43. The first-order chi connectivity index (χ1) is 13.5. The minimum Gasteiger partial charge on any atom is -0.497 e. The highest BCUT2D eigenvalue weighted by Gasteiger charge is 2.42. The average molecular weight is 381 g/mol. The van der Waals surface area contributed by atoms with Crippen LogP contribution in [0.4, 0.5) is 0 Å². The number of fused-ring (bicyclic) bond motifs is 3. The van der Waals surface area contributed by atoms with Crippen LogP contribution in [0.25, 0.3) is 10.9 Å². The van der Waals surface area contributed by atoms with Gasteiger partial charge in [0.1, 0.15) is 5.75 Å². The van der Waals surface area contributed by atoms with Crippen molar-refractivity contribution in [3.05, 3.63) is 47.7 Å². The Balaban J connectivity index is 1.76. The quantitative estimate of drug-likeness (QED) is 0.651. The molecule has 6 heteroatoms. The molecule has 1 unspecified atom stereocenters. The molecule has 0 bridgehead atoms. The maximum Gasteiger partial charge on any atom is 0.231 e. The van der Waals surface area contributed by atoms with Gasteiger partial charge in [-0.2, -0.15) is 0 Å². The molecule has 3 heterocycles. The highest BCUT2D eigenvalue weighted by molar-refractivity contribution is 5.82.